The Morgan fingerprint density at radius 1 is 1.21 bits per heavy atom. The molecule has 1 N–H and O–H groups in total. The zero-order valence-corrected chi connectivity index (χ0v) is 12.2. The van der Waals surface area contributed by atoms with Crippen molar-refractivity contribution in [3.05, 3.63) is 34.9 Å². The lowest BCUT2D eigenvalue weighted by Crippen LogP contribution is -2.57. The molecule has 0 saturated carbocycles. The van der Waals surface area contributed by atoms with Crippen LogP contribution in [0.5, 0.6) is 0 Å². The van der Waals surface area contributed by atoms with Crippen molar-refractivity contribution in [3.63, 3.8) is 0 Å². The van der Waals surface area contributed by atoms with Gasteiger partial charge in [-0.15, -0.1) is 12.4 Å². The average Bonchev–Trinajstić information content (AvgIpc) is 2.41. The van der Waals surface area contributed by atoms with E-state index in [4.69, 9.17) is 11.6 Å². The molecule has 0 unspecified atom stereocenters. The van der Waals surface area contributed by atoms with Gasteiger partial charge >= 0.3 is 0 Å². The number of carbonyl (C=O) groups is 1. The molecule has 0 aliphatic carbocycles. The summed E-state index contributed by atoms with van der Waals surface area (Å²) in [5.41, 5.74) is 0.691. The lowest BCUT2D eigenvalue weighted by atomic mass is 9.84. The van der Waals surface area contributed by atoms with Crippen LogP contribution in [0.1, 0.15) is 23.2 Å². The predicted molar refractivity (Wildman–Crippen MR) is 79.1 cm³/mol. The number of hydrogen-bond donors (Lipinski definition) is 1. The van der Waals surface area contributed by atoms with E-state index in [1.165, 1.54) is 25.9 Å². The Balaban J connectivity index is 0.00000133. The van der Waals surface area contributed by atoms with Crippen molar-refractivity contribution in [3.8, 4) is 0 Å². The molecule has 3 saturated heterocycles. The highest BCUT2D eigenvalue weighted by molar-refractivity contribution is 6.30. The Labute approximate surface area is 124 Å². The molecule has 2 bridgehead atoms. The highest BCUT2D eigenvalue weighted by atomic mass is 35.5. The molecule has 0 aromatic heterocycles. The van der Waals surface area contributed by atoms with E-state index < -0.39 is 0 Å². The van der Waals surface area contributed by atoms with Crippen LogP contribution in [0, 0.1) is 5.92 Å². The second-order valence-electron chi connectivity index (χ2n) is 5.22. The van der Waals surface area contributed by atoms with Gasteiger partial charge in [0.2, 0.25) is 0 Å². The van der Waals surface area contributed by atoms with E-state index in [1.54, 1.807) is 24.3 Å². The molecule has 0 spiro atoms. The van der Waals surface area contributed by atoms with Crippen molar-refractivity contribution >= 4 is 29.9 Å². The van der Waals surface area contributed by atoms with Crippen LogP contribution in [0.15, 0.2) is 24.3 Å². The number of benzene rings is 1. The summed E-state index contributed by atoms with van der Waals surface area (Å²) in [5, 5.41) is 3.82. The van der Waals surface area contributed by atoms with Gasteiger partial charge in [-0.2, -0.15) is 0 Å². The van der Waals surface area contributed by atoms with Gasteiger partial charge in [0.25, 0.3) is 5.91 Å². The topological polar surface area (TPSA) is 32.3 Å². The third-order valence-electron chi connectivity index (χ3n) is 4.08. The summed E-state index contributed by atoms with van der Waals surface area (Å²) in [5.74, 6) is 0.677. The van der Waals surface area contributed by atoms with Crippen LogP contribution in [-0.4, -0.2) is 36.5 Å². The third-order valence-corrected chi connectivity index (χ3v) is 4.33. The van der Waals surface area contributed by atoms with E-state index >= 15 is 0 Å². The Morgan fingerprint density at radius 2 is 1.84 bits per heavy atom. The van der Waals surface area contributed by atoms with E-state index in [2.05, 4.69) is 10.2 Å². The molecule has 3 aliphatic heterocycles. The van der Waals surface area contributed by atoms with Gasteiger partial charge < -0.3 is 10.2 Å². The third kappa shape index (κ3) is 3.22. The summed E-state index contributed by atoms with van der Waals surface area (Å²) in [6.45, 7) is 3.39. The summed E-state index contributed by atoms with van der Waals surface area (Å²) in [4.78, 5) is 14.6. The van der Waals surface area contributed by atoms with Crippen LogP contribution in [0.3, 0.4) is 0 Å². The molecule has 104 valence electrons. The summed E-state index contributed by atoms with van der Waals surface area (Å²) in [7, 11) is 0. The zero-order valence-electron chi connectivity index (χ0n) is 10.6. The first kappa shape index (κ1) is 14.6. The number of halogens is 2. The molecule has 3 heterocycles. The minimum Gasteiger partial charge on any atom is -0.348 e. The number of hydrogen-bond acceptors (Lipinski definition) is 2. The van der Waals surface area contributed by atoms with Crippen molar-refractivity contribution in [2.45, 2.75) is 18.9 Å². The van der Waals surface area contributed by atoms with Gasteiger partial charge in [0.15, 0.2) is 0 Å². The van der Waals surface area contributed by atoms with Crippen molar-refractivity contribution < 1.29 is 4.79 Å². The molecule has 1 amide bonds. The maximum Gasteiger partial charge on any atom is 0.251 e. The Hall–Kier alpha value is -0.770. The number of piperidine rings is 3. The van der Waals surface area contributed by atoms with Crippen molar-refractivity contribution in [2.75, 3.05) is 19.6 Å². The molecular weight excluding hydrogens is 283 g/mol. The molecule has 1 atom stereocenters. The van der Waals surface area contributed by atoms with E-state index in [1.807, 2.05) is 0 Å². The first-order chi connectivity index (χ1) is 8.72. The fraction of sp³-hybridized carbons (Fsp3) is 0.500. The van der Waals surface area contributed by atoms with Gasteiger partial charge in [-0.1, -0.05) is 11.6 Å². The van der Waals surface area contributed by atoms with Gasteiger partial charge in [-0.25, -0.2) is 0 Å². The molecule has 3 nitrogen and oxygen atoms in total. The first-order valence-corrected chi connectivity index (χ1v) is 6.89. The second-order valence-corrected chi connectivity index (χ2v) is 5.66. The monoisotopic (exact) mass is 300 g/mol. The van der Waals surface area contributed by atoms with Crippen molar-refractivity contribution in [1.82, 2.24) is 10.2 Å². The van der Waals surface area contributed by atoms with Gasteiger partial charge in [0.05, 0.1) is 0 Å². The van der Waals surface area contributed by atoms with Crippen LogP contribution in [0.25, 0.3) is 0 Å². The molecule has 1 aromatic rings. The molecule has 1 aromatic carbocycles. The highest BCUT2D eigenvalue weighted by Gasteiger charge is 2.34. The van der Waals surface area contributed by atoms with Gasteiger partial charge in [0, 0.05) is 23.2 Å². The molecular formula is C14H18Cl2N2O. The van der Waals surface area contributed by atoms with Crippen LogP contribution in [0.2, 0.25) is 5.02 Å². The summed E-state index contributed by atoms with van der Waals surface area (Å²) < 4.78 is 0. The Morgan fingerprint density at radius 3 is 2.37 bits per heavy atom. The first-order valence-electron chi connectivity index (χ1n) is 6.51. The zero-order chi connectivity index (χ0) is 12.5. The van der Waals surface area contributed by atoms with Gasteiger partial charge in [-0.3, -0.25) is 4.79 Å². The van der Waals surface area contributed by atoms with Gasteiger partial charge in [-0.05, 0) is 56.1 Å². The number of fused-ring (bicyclic) bond motifs is 3. The van der Waals surface area contributed by atoms with E-state index in [-0.39, 0.29) is 18.3 Å². The normalized spacial score (nSPS) is 28.6. The average molecular weight is 301 g/mol. The predicted octanol–water partition coefficient (Wildman–Crippen LogP) is 2.59. The van der Waals surface area contributed by atoms with Crippen LogP contribution in [-0.2, 0) is 0 Å². The Kier molecular flexibility index (Phi) is 4.71. The Bertz CT molecular complexity index is 441. The smallest absolute Gasteiger partial charge is 0.251 e. The van der Waals surface area contributed by atoms with Crippen molar-refractivity contribution in [1.29, 1.82) is 0 Å². The molecule has 0 radical (unpaired) electrons. The second kappa shape index (κ2) is 6.12. The maximum atomic E-state index is 12.1. The number of carbonyl (C=O) groups excluding carboxylic acids is 1. The van der Waals surface area contributed by atoms with Crippen LogP contribution >= 0.6 is 24.0 Å². The molecule has 3 aliphatic rings. The molecule has 19 heavy (non-hydrogen) atoms. The number of amides is 1. The van der Waals surface area contributed by atoms with Crippen molar-refractivity contribution in [2.24, 2.45) is 5.92 Å². The minimum atomic E-state index is 0. The summed E-state index contributed by atoms with van der Waals surface area (Å²) in [6.07, 6.45) is 2.43. The quantitative estimate of drug-likeness (QED) is 0.910. The SMILES string of the molecule is Cl.O=C(N[C@H]1CN2CCC1CC2)c1ccc(Cl)cc1. The minimum absolute atomic E-state index is 0. The number of nitrogens with zero attached hydrogens (tertiary/aromatic N) is 1. The van der Waals surface area contributed by atoms with E-state index in [0.717, 1.165) is 6.54 Å². The fourth-order valence-electron chi connectivity index (χ4n) is 2.98. The standard InChI is InChI=1S/C14H17ClN2O.ClH/c15-12-3-1-11(2-4-12)14(18)16-13-9-17-7-5-10(13)6-8-17;/h1-4,10,13H,5-9H2,(H,16,18);1H/t13-;/m0./s1. The molecule has 3 fully saturated rings. The molecule has 4 rings (SSSR count). The lowest BCUT2D eigenvalue weighted by Gasteiger charge is -2.44. The number of nitrogens with one attached hydrogen (secondary N) is 1. The van der Waals surface area contributed by atoms with Crippen LogP contribution in [0.4, 0.5) is 0 Å². The van der Waals surface area contributed by atoms with E-state index in [9.17, 15) is 4.79 Å². The summed E-state index contributed by atoms with van der Waals surface area (Å²) in [6, 6.07) is 7.38. The number of rotatable bonds is 2. The van der Waals surface area contributed by atoms with Crippen LogP contribution < -0.4 is 5.32 Å². The molecule has 5 heteroatoms. The lowest BCUT2D eigenvalue weighted by molar-refractivity contribution is 0.0620. The maximum absolute atomic E-state index is 12.1. The largest absolute Gasteiger partial charge is 0.348 e. The highest BCUT2D eigenvalue weighted by Crippen LogP contribution is 2.27. The fourth-order valence-corrected chi connectivity index (χ4v) is 3.11. The van der Waals surface area contributed by atoms with Gasteiger partial charge in [0.1, 0.15) is 0 Å². The van der Waals surface area contributed by atoms with E-state index in [0.29, 0.717) is 22.5 Å². The summed E-state index contributed by atoms with van der Waals surface area (Å²) >= 11 is 5.82.